The second-order valence-corrected chi connectivity index (χ2v) is 5.93. The minimum atomic E-state index is 0.0983. The molecule has 1 N–H and O–H groups in total. The number of rotatable bonds is 4. The zero-order valence-corrected chi connectivity index (χ0v) is 10.3. The van der Waals surface area contributed by atoms with Crippen molar-refractivity contribution in [1.82, 2.24) is 10.2 Å². The van der Waals surface area contributed by atoms with Crippen LogP contribution in [0.3, 0.4) is 0 Å². The van der Waals surface area contributed by atoms with E-state index in [4.69, 9.17) is 0 Å². The monoisotopic (exact) mass is 228 g/mol. The molecular formula is C11H20N2OS. The van der Waals surface area contributed by atoms with E-state index in [2.05, 4.69) is 30.6 Å². The van der Waals surface area contributed by atoms with Crippen molar-refractivity contribution in [2.45, 2.75) is 24.3 Å². The predicted molar refractivity (Wildman–Crippen MR) is 66.2 cm³/mol. The van der Waals surface area contributed by atoms with Gasteiger partial charge in [-0.3, -0.25) is 9.69 Å². The third-order valence-electron chi connectivity index (χ3n) is 2.31. The first-order valence-electron chi connectivity index (χ1n) is 5.37. The number of amides is 1. The molecule has 1 fully saturated rings. The maximum atomic E-state index is 11.5. The lowest BCUT2D eigenvalue weighted by Gasteiger charge is -2.33. The number of hydrogen-bond donors (Lipinski definition) is 1. The van der Waals surface area contributed by atoms with Crippen molar-refractivity contribution < 1.29 is 4.79 Å². The van der Waals surface area contributed by atoms with Crippen molar-refractivity contribution in [3.63, 3.8) is 0 Å². The summed E-state index contributed by atoms with van der Waals surface area (Å²) in [7, 11) is 0. The molecule has 1 rings (SSSR count). The van der Waals surface area contributed by atoms with Crippen LogP contribution in [-0.4, -0.2) is 47.5 Å². The third-order valence-corrected chi connectivity index (χ3v) is 3.53. The molecule has 4 heteroatoms. The Hall–Kier alpha value is -0.480. The quantitative estimate of drug-likeness (QED) is 0.732. The highest BCUT2D eigenvalue weighted by atomic mass is 32.2. The summed E-state index contributed by atoms with van der Waals surface area (Å²) in [4.78, 5) is 13.7. The van der Waals surface area contributed by atoms with Gasteiger partial charge in [0.25, 0.3) is 0 Å². The Kier molecular flexibility index (Phi) is 5.19. The summed E-state index contributed by atoms with van der Waals surface area (Å²) in [5.74, 6) is 0.0983. The Labute approximate surface area is 96.3 Å². The van der Waals surface area contributed by atoms with Gasteiger partial charge in [0.1, 0.15) is 0 Å². The molecule has 0 unspecified atom stereocenters. The van der Waals surface area contributed by atoms with E-state index in [1.807, 2.05) is 11.8 Å². The van der Waals surface area contributed by atoms with Crippen LogP contribution in [0.2, 0.25) is 0 Å². The molecule has 0 aromatic rings. The van der Waals surface area contributed by atoms with Gasteiger partial charge < -0.3 is 5.32 Å². The van der Waals surface area contributed by atoms with Gasteiger partial charge in [0.05, 0.1) is 6.54 Å². The number of carbonyl (C=O) groups excluding carboxylic acids is 1. The van der Waals surface area contributed by atoms with E-state index in [1.54, 1.807) is 6.08 Å². The molecule has 86 valence electrons. The van der Waals surface area contributed by atoms with E-state index in [9.17, 15) is 4.79 Å². The van der Waals surface area contributed by atoms with Crippen LogP contribution in [0.5, 0.6) is 0 Å². The number of hydrogen-bond acceptors (Lipinski definition) is 3. The molecule has 1 saturated heterocycles. The molecule has 1 aliphatic rings. The fourth-order valence-corrected chi connectivity index (χ4v) is 3.25. The molecule has 15 heavy (non-hydrogen) atoms. The van der Waals surface area contributed by atoms with E-state index in [-0.39, 0.29) is 5.91 Å². The van der Waals surface area contributed by atoms with Gasteiger partial charge >= 0.3 is 0 Å². The standard InChI is InChI=1S/C11H20N2OS/c1-4-5-12-11(14)8-13-6-9(2)15-10(3)7-13/h4,9-10H,1,5-8H2,2-3H3,(H,12,14)/t9-,10+. The van der Waals surface area contributed by atoms with Crippen molar-refractivity contribution in [3.8, 4) is 0 Å². The molecule has 0 spiro atoms. The minimum Gasteiger partial charge on any atom is -0.352 e. The van der Waals surface area contributed by atoms with Crippen LogP contribution in [-0.2, 0) is 4.79 Å². The SMILES string of the molecule is C=CCNC(=O)CN1C[C@@H](C)S[C@@H](C)C1. The topological polar surface area (TPSA) is 32.3 Å². The van der Waals surface area contributed by atoms with Crippen LogP contribution in [0.4, 0.5) is 0 Å². The summed E-state index contributed by atoms with van der Waals surface area (Å²) in [5, 5.41) is 4.06. The van der Waals surface area contributed by atoms with Crippen molar-refractivity contribution in [2.24, 2.45) is 0 Å². The second-order valence-electron chi connectivity index (χ2n) is 4.04. The van der Waals surface area contributed by atoms with Crippen molar-refractivity contribution in [3.05, 3.63) is 12.7 Å². The highest BCUT2D eigenvalue weighted by Crippen LogP contribution is 2.24. The third kappa shape index (κ3) is 4.71. The lowest BCUT2D eigenvalue weighted by molar-refractivity contribution is -0.122. The highest BCUT2D eigenvalue weighted by molar-refractivity contribution is 8.00. The Morgan fingerprint density at radius 3 is 2.67 bits per heavy atom. The molecule has 0 radical (unpaired) electrons. The molecule has 0 aromatic carbocycles. The number of nitrogens with zero attached hydrogens (tertiary/aromatic N) is 1. The molecule has 1 amide bonds. The summed E-state index contributed by atoms with van der Waals surface area (Å²) >= 11 is 2.00. The fraction of sp³-hybridized carbons (Fsp3) is 0.727. The molecule has 1 aliphatic heterocycles. The van der Waals surface area contributed by atoms with Gasteiger partial charge in [-0.15, -0.1) is 6.58 Å². The smallest absolute Gasteiger partial charge is 0.234 e. The second kappa shape index (κ2) is 6.18. The first-order valence-corrected chi connectivity index (χ1v) is 6.31. The normalized spacial score (nSPS) is 27.3. The summed E-state index contributed by atoms with van der Waals surface area (Å²) in [6.45, 7) is 11.1. The van der Waals surface area contributed by atoms with Crippen LogP contribution in [0.15, 0.2) is 12.7 Å². The van der Waals surface area contributed by atoms with Crippen molar-refractivity contribution in [2.75, 3.05) is 26.2 Å². The molecular weight excluding hydrogens is 208 g/mol. The highest BCUT2D eigenvalue weighted by Gasteiger charge is 2.23. The zero-order chi connectivity index (χ0) is 11.3. The average molecular weight is 228 g/mol. The number of nitrogens with one attached hydrogen (secondary N) is 1. The van der Waals surface area contributed by atoms with Gasteiger partial charge in [0, 0.05) is 30.1 Å². The molecule has 0 aromatic heterocycles. The number of carbonyl (C=O) groups is 1. The van der Waals surface area contributed by atoms with Crippen molar-refractivity contribution >= 4 is 17.7 Å². The molecule has 2 atom stereocenters. The first-order chi connectivity index (χ1) is 7.11. The van der Waals surface area contributed by atoms with Crippen LogP contribution in [0, 0.1) is 0 Å². The lowest BCUT2D eigenvalue weighted by atomic mass is 10.3. The van der Waals surface area contributed by atoms with Crippen LogP contribution in [0.1, 0.15) is 13.8 Å². The molecule has 3 nitrogen and oxygen atoms in total. The van der Waals surface area contributed by atoms with E-state index >= 15 is 0 Å². The lowest BCUT2D eigenvalue weighted by Crippen LogP contribution is -2.45. The van der Waals surface area contributed by atoms with E-state index in [0.29, 0.717) is 23.6 Å². The van der Waals surface area contributed by atoms with Gasteiger partial charge in [-0.05, 0) is 0 Å². The number of thioether (sulfide) groups is 1. The van der Waals surface area contributed by atoms with Crippen molar-refractivity contribution in [1.29, 1.82) is 0 Å². The fourth-order valence-electron chi connectivity index (χ4n) is 1.86. The summed E-state index contributed by atoms with van der Waals surface area (Å²) in [6, 6.07) is 0. The Morgan fingerprint density at radius 2 is 2.13 bits per heavy atom. The van der Waals surface area contributed by atoms with Gasteiger partial charge in [-0.1, -0.05) is 19.9 Å². The van der Waals surface area contributed by atoms with Gasteiger partial charge in [-0.2, -0.15) is 11.8 Å². The van der Waals surface area contributed by atoms with Gasteiger partial charge in [-0.25, -0.2) is 0 Å². The van der Waals surface area contributed by atoms with Crippen LogP contribution < -0.4 is 5.32 Å². The maximum absolute atomic E-state index is 11.5. The summed E-state index contributed by atoms with van der Waals surface area (Å²) in [5.41, 5.74) is 0. The molecule has 0 aliphatic carbocycles. The molecule has 0 saturated carbocycles. The van der Waals surface area contributed by atoms with Crippen LogP contribution >= 0.6 is 11.8 Å². The largest absolute Gasteiger partial charge is 0.352 e. The molecule has 1 heterocycles. The van der Waals surface area contributed by atoms with Gasteiger partial charge in [0.15, 0.2) is 0 Å². The Balaban J connectivity index is 2.30. The zero-order valence-electron chi connectivity index (χ0n) is 9.53. The van der Waals surface area contributed by atoms with E-state index in [1.165, 1.54) is 0 Å². The summed E-state index contributed by atoms with van der Waals surface area (Å²) in [6.07, 6.45) is 1.70. The average Bonchev–Trinajstić information content (AvgIpc) is 2.13. The summed E-state index contributed by atoms with van der Waals surface area (Å²) < 4.78 is 0. The van der Waals surface area contributed by atoms with Gasteiger partial charge in [0.2, 0.25) is 5.91 Å². The molecule has 0 bridgehead atoms. The van der Waals surface area contributed by atoms with Crippen LogP contribution in [0.25, 0.3) is 0 Å². The Morgan fingerprint density at radius 1 is 1.53 bits per heavy atom. The minimum absolute atomic E-state index is 0.0983. The van der Waals surface area contributed by atoms with E-state index < -0.39 is 0 Å². The maximum Gasteiger partial charge on any atom is 0.234 e. The van der Waals surface area contributed by atoms with E-state index in [0.717, 1.165) is 13.1 Å². The Bertz CT molecular complexity index is 223. The first kappa shape index (κ1) is 12.6. The predicted octanol–water partition coefficient (Wildman–Crippen LogP) is 1.11.